The SMILES string of the molecule is O=S(=O)(c1ccc(NCCOCC(F)F)cc1)C(F)F. The van der Waals surface area contributed by atoms with Gasteiger partial charge in [0.05, 0.1) is 11.5 Å². The van der Waals surface area contributed by atoms with Crippen LogP contribution >= 0.6 is 0 Å². The van der Waals surface area contributed by atoms with Crippen LogP contribution in [-0.2, 0) is 14.6 Å². The van der Waals surface area contributed by atoms with E-state index in [2.05, 4.69) is 10.1 Å². The van der Waals surface area contributed by atoms with E-state index >= 15 is 0 Å². The third-order valence-electron chi connectivity index (χ3n) is 2.24. The van der Waals surface area contributed by atoms with Crippen molar-refractivity contribution in [3.05, 3.63) is 24.3 Å². The summed E-state index contributed by atoms with van der Waals surface area (Å²) in [7, 11) is -4.60. The van der Waals surface area contributed by atoms with Gasteiger partial charge in [-0.2, -0.15) is 8.78 Å². The van der Waals surface area contributed by atoms with Crippen molar-refractivity contribution in [1.29, 1.82) is 0 Å². The number of rotatable bonds is 8. The zero-order chi connectivity index (χ0) is 15.2. The third-order valence-corrected chi connectivity index (χ3v) is 3.64. The molecule has 0 heterocycles. The largest absolute Gasteiger partial charge is 0.383 e. The van der Waals surface area contributed by atoms with E-state index in [1.807, 2.05) is 0 Å². The van der Waals surface area contributed by atoms with Gasteiger partial charge in [0.25, 0.3) is 6.43 Å². The number of nitrogens with one attached hydrogen (secondary N) is 1. The zero-order valence-electron chi connectivity index (χ0n) is 10.2. The summed E-state index contributed by atoms with van der Waals surface area (Å²) in [5, 5.41) is 2.77. The Morgan fingerprint density at radius 2 is 1.70 bits per heavy atom. The highest BCUT2D eigenvalue weighted by Crippen LogP contribution is 2.20. The van der Waals surface area contributed by atoms with Gasteiger partial charge in [0.1, 0.15) is 6.61 Å². The monoisotopic (exact) mass is 315 g/mol. The van der Waals surface area contributed by atoms with Crippen molar-refractivity contribution in [3.63, 3.8) is 0 Å². The highest BCUT2D eigenvalue weighted by atomic mass is 32.2. The first kappa shape index (κ1) is 16.7. The number of halogens is 4. The summed E-state index contributed by atoms with van der Waals surface area (Å²) < 4.78 is 74.9. The predicted octanol–water partition coefficient (Wildman–Crippen LogP) is 2.38. The van der Waals surface area contributed by atoms with Gasteiger partial charge in [-0.05, 0) is 24.3 Å². The maximum Gasteiger partial charge on any atom is 0.341 e. The first-order valence-corrected chi connectivity index (χ1v) is 7.10. The lowest BCUT2D eigenvalue weighted by atomic mass is 10.3. The van der Waals surface area contributed by atoms with E-state index in [0.717, 1.165) is 12.1 Å². The first-order chi connectivity index (χ1) is 9.34. The van der Waals surface area contributed by atoms with E-state index in [4.69, 9.17) is 0 Å². The fourth-order valence-electron chi connectivity index (χ4n) is 1.31. The number of ether oxygens (including phenoxy) is 1. The number of alkyl halides is 4. The minimum Gasteiger partial charge on any atom is -0.383 e. The Bertz CT molecular complexity index is 505. The fraction of sp³-hybridized carbons (Fsp3) is 0.455. The van der Waals surface area contributed by atoms with E-state index in [0.29, 0.717) is 5.69 Å². The molecule has 0 aliphatic rings. The molecule has 0 radical (unpaired) electrons. The second kappa shape index (κ2) is 7.44. The second-order valence-electron chi connectivity index (χ2n) is 3.72. The molecule has 0 bridgehead atoms. The van der Waals surface area contributed by atoms with Crippen LogP contribution in [0.2, 0.25) is 0 Å². The molecule has 0 spiro atoms. The van der Waals surface area contributed by atoms with Crippen LogP contribution in [0, 0.1) is 0 Å². The summed E-state index contributed by atoms with van der Waals surface area (Å²) in [6, 6.07) is 4.71. The van der Waals surface area contributed by atoms with E-state index < -0.39 is 33.5 Å². The lowest BCUT2D eigenvalue weighted by molar-refractivity contribution is 0.0215. The third kappa shape index (κ3) is 4.97. The Labute approximate surface area is 113 Å². The van der Waals surface area contributed by atoms with Crippen LogP contribution in [-0.4, -0.2) is 40.4 Å². The zero-order valence-corrected chi connectivity index (χ0v) is 11.0. The summed E-state index contributed by atoms with van der Waals surface area (Å²) in [5.41, 5.74) is 0.471. The molecule has 4 nitrogen and oxygen atoms in total. The summed E-state index contributed by atoms with van der Waals surface area (Å²) in [6.07, 6.45) is -2.53. The molecule has 1 aromatic rings. The molecule has 0 saturated carbocycles. The van der Waals surface area contributed by atoms with Crippen molar-refractivity contribution < 1.29 is 30.7 Å². The van der Waals surface area contributed by atoms with Gasteiger partial charge >= 0.3 is 5.76 Å². The van der Waals surface area contributed by atoms with Gasteiger partial charge in [0, 0.05) is 12.2 Å². The van der Waals surface area contributed by atoms with Crippen molar-refractivity contribution in [1.82, 2.24) is 0 Å². The van der Waals surface area contributed by atoms with E-state index in [1.54, 1.807) is 0 Å². The molecule has 0 aliphatic carbocycles. The molecule has 0 aliphatic heterocycles. The molecule has 0 saturated heterocycles. The van der Waals surface area contributed by atoms with Crippen molar-refractivity contribution >= 4 is 15.5 Å². The molecule has 1 rings (SSSR count). The van der Waals surface area contributed by atoms with E-state index in [-0.39, 0.29) is 13.2 Å². The van der Waals surface area contributed by atoms with Crippen molar-refractivity contribution in [2.75, 3.05) is 25.1 Å². The average Bonchev–Trinajstić information content (AvgIpc) is 2.38. The predicted molar refractivity (Wildman–Crippen MR) is 64.9 cm³/mol. The Balaban J connectivity index is 2.48. The average molecular weight is 315 g/mol. The van der Waals surface area contributed by atoms with Gasteiger partial charge in [0.15, 0.2) is 0 Å². The molecular formula is C11H13F4NO3S. The van der Waals surface area contributed by atoms with Crippen LogP contribution in [0.15, 0.2) is 29.2 Å². The Morgan fingerprint density at radius 1 is 1.10 bits per heavy atom. The van der Waals surface area contributed by atoms with Crippen molar-refractivity contribution in [3.8, 4) is 0 Å². The Kier molecular flexibility index (Phi) is 6.21. The summed E-state index contributed by atoms with van der Waals surface area (Å²) in [4.78, 5) is -0.480. The molecule has 0 aromatic heterocycles. The van der Waals surface area contributed by atoms with Crippen LogP contribution in [0.5, 0.6) is 0 Å². The van der Waals surface area contributed by atoms with Gasteiger partial charge in [-0.3, -0.25) is 0 Å². The second-order valence-corrected chi connectivity index (χ2v) is 5.64. The van der Waals surface area contributed by atoms with Gasteiger partial charge in [-0.25, -0.2) is 17.2 Å². The molecule has 0 amide bonds. The van der Waals surface area contributed by atoms with Crippen LogP contribution in [0.25, 0.3) is 0 Å². The molecule has 1 N–H and O–H groups in total. The van der Waals surface area contributed by atoms with Crippen LogP contribution in [0.4, 0.5) is 23.2 Å². The van der Waals surface area contributed by atoms with Gasteiger partial charge in [0.2, 0.25) is 9.84 Å². The van der Waals surface area contributed by atoms with Gasteiger partial charge in [-0.1, -0.05) is 0 Å². The van der Waals surface area contributed by atoms with E-state index in [1.165, 1.54) is 12.1 Å². The maximum atomic E-state index is 12.3. The van der Waals surface area contributed by atoms with Crippen LogP contribution in [0.3, 0.4) is 0 Å². The van der Waals surface area contributed by atoms with Gasteiger partial charge < -0.3 is 10.1 Å². The highest BCUT2D eigenvalue weighted by molar-refractivity contribution is 7.91. The normalized spacial score (nSPS) is 12.1. The summed E-state index contributed by atoms with van der Waals surface area (Å²) >= 11 is 0. The number of anilines is 1. The Hall–Kier alpha value is -1.35. The molecule has 0 unspecified atom stereocenters. The maximum absolute atomic E-state index is 12.3. The Morgan fingerprint density at radius 3 is 2.20 bits per heavy atom. The van der Waals surface area contributed by atoms with Gasteiger partial charge in [-0.15, -0.1) is 0 Å². The van der Waals surface area contributed by atoms with Crippen molar-refractivity contribution in [2.24, 2.45) is 0 Å². The summed E-state index contributed by atoms with van der Waals surface area (Å²) in [6.45, 7) is -0.387. The lowest BCUT2D eigenvalue weighted by Gasteiger charge is -2.08. The number of benzene rings is 1. The molecule has 20 heavy (non-hydrogen) atoms. The van der Waals surface area contributed by atoms with E-state index in [9.17, 15) is 26.0 Å². The topological polar surface area (TPSA) is 55.4 Å². The number of hydrogen-bond acceptors (Lipinski definition) is 4. The van der Waals surface area contributed by atoms with Crippen LogP contribution < -0.4 is 5.32 Å². The lowest BCUT2D eigenvalue weighted by Crippen LogP contribution is -2.13. The molecule has 1 aromatic carbocycles. The fourth-order valence-corrected chi connectivity index (χ4v) is 2.03. The standard InChI is InChI=1S/C11H13F4NO3S/c12-10(13)7-19-6-5-16-8-1-3-9(4-2-8)20(17,18)11(14)15/h1-4,10-11,16H,5-7H2. The first-order valence-electron chi connectivity index (χ1n) is 5.56. The van der Waals surface area contributed by atoms with Crippen molar-refractivity contribution in [2.45, 2.75) is 17.1 Å². The molecule has 9 heteroatoms. The number of hydrogen-bond donors (Lipinski definition) is 1. The quantitative estimate of drug-likeness (QED) is 0.591. The molecule has 0 fully saturated rings. The molecule has 114 valence electrons. The minimum absolute atomic E-state index is 0.0431. The highest BCUT2D eigenvalue weighted by Gasteiger charge is 2.26. The molecule has 0 atom stereocenters. The smallest absolute Gasteiger partial charge is 0.341 e. The van der Waals surface area contributed by atoms with Crippen LogP contribution in [0.1, 0.15) is 0 Å². The number of sulfone groups is 1. The minimum atomic E-state index is -4.60. The summed E-state index contributed by atoms with van der Waals surface area (Å²) in [5.74, 6) is -3.47. The molecular weight excluding hydrogens is 302 g/mol.